The molecule has 0 saturated carbocycles. The average molecular weight is 228 g/mol. The molecule has 1 aliphatic rings. The van der Waals surface area contributed by atoms with Crippen molar-refractivity contribution in [3.8, 4) is 0 Å². The van der Waals surface area contributed by atoms with Crippen LogP contribution in [0.5, 0.6) is 0 Å². The molecule has 2 atom stereocenters. The lowest BCUT2D eigenvalue weighted by molar-refractivity contribution is 0.0923. The molecule has 0 aliphatic carbocycles. The molecule has 1 saturated heterocycles. The highest BCUT2D eigenvalue weighted by molar-refractivity contribution is 6.30. The summed E-state index contributed by atoms with van der Waals surface area (Å²) in [5.74, 6) is 0.130. The largest absolute Gasteiger partial charge is 0.398 e. The zero-order chi connectivity index (χ0) is 10.8. The Morgan fingerprint density at radius 2 is 2.33 bits per heavy atom. The van der Waals surface area contributed by atoms with Gasteiger partial charge in [-0.1, -0.05) is 11.6 Å². The summed E-state index contributed by atoms with van der Waals surface area (Å²) >= 11 is 5.87. The first kappa shape index (κ1) is 10.7. The maximum Gasteiger partial charge on any atom is 0.0861 e. The molecular weight excluding hydrogens is 214 g/mol. The molecule has 1 aromatic rings. The molecule has 0 radical (unpaired) electrons. The molecule has 1 fully saturated rings. The molecule has 0 bridgehead atoms. The lowest BCUT2D eigenvalue weighted by Gasteiger charge is -2.18. The van der Waals surface area contributed by atoms with Crippen LogP contribution >= 0.6 is 11.6 Å². The van der Waals surface area contributed by atoms with Gasteiger partial charge in [0.2, 0.25) is 0 Å². The normalized spacial score (nSPS) is 22.9. The van der Waals surface area contributed by atoms with Crippen LogP contribution in [-0.4, -0.2) is 18.3 Å². The number of aliphatic hydroxyl groups excluding tert-OH is 1. The highest BCUT2D eigenvalue weighted by atomic mass is 35.5. The molecule has 3 nitrogen and oxygen atoms in total. The zero-order valence-electron chi connectivity index (χ0n) is 8.32. The van der Waals surface area contributed by atoms with Crippen LogP contribution in [0, 0.1) is 5.92 Å². The van der Waals surface area contributed by atoms with Crippen LogP contribution in [0.15, 0.2) is 18.2 Å². The Bertz CT molecular complexity index is 350. The molecule has 0 aromatic heterocycles. The molecule has 2 rings (SSSR count). The Kier molecular flexibility index (Phi) is 3.14. The average Bonchev–Trinajstić information content (AvgIpc) is 2.74. The van der Waals surface area contributed by atoms with E-state index in [4.69, 9.17) is 22.1 Å². The van der Waals surface area contributed by atoms with Gasteiger partial charge in [0.15, 0.2) is 0 Å². The summed E-state index contributed by atoms with van der Waals surface area (Å²) in [7, 11) is 0. The molecule has 2 unspecified atom stereocenters. The van der Waals surface area contributed by atoms with Gasteiger partial charge in [0.05, 0.1) is 12.7 Å². The summed E-state index contributed by atoms with van der Waals surface area (Å²) in [6.45, 7) is 1.30. The Hall–Kier alpha value is -0.770. The lowest BCUT2D eigenvalue weighted by Crippen LogP contribution is -2.14. The number of nitrogens with two attached hydrogens (primary N) is 1. The second-order valence-corrected chi connectivity index (χ2v) is 4.28. The highest BCUT2D eigenvalue weighted by Gasteiger charge is 2.26. The number of nitrogen functional groups attached to an aromatic ring is 1. The van der Waals surface area contributed by atoms with Crippen molar-refractivity contribution in [3.63, 3.8) is 0 Å². The predicted molar refractivity (Wildman–Crippen MR) is 59.8 cm³/mol. The standard InChI is InChI=1S/C11H14ClNO2/c12-8-1-2-10(13)9(5-8)11(14)7-3-4-15-6-7/h1-2,5,7,11,14H,3-4,6,13H2. The predicted octanol–water partition coefficient (Wildman–Crippen LogP) is 1.99. The van der Waals surface area contributed by atoms with E-state index in [0.29, 0.717) is 29.5 Å². The monoisotopic (exact) mass is 227 g/mol. The van der Waals surface area contributed by atoms with Crippen LogP contribution in [0.3, 0.4) is 0 Å². The zero-order valence-corrected chi connectivity index (χ0v) is 9.07. The van der Waals surface area contributed by atoms with E-state index in [0.717, 1.165) is 6.42 Å². The summed E-state index contributed by atoms with van der Waals surface area (Å²) in [6.07, 6.45) is 0.291. The van der Waals surface area contributed by atoms with Gasteiger partial charge in [-0.2, -0.15) is 0 Å². The van der Waals surface area contributed by atoms with E-state index in [-0.39, 0.29) is 5.92 Å². The lowest BCUT2D eigenvalue weighted by atomic mass is 9.94. The van der Waals surface area contributed by atoms with E-state index in [2.05, 4.69) is 0 Å². The van der Waals surface area contributed by atoms with Crippen molar-refractivity contribution in [2.45, 2.75) is 12.5 Å². The molecule has 0 amide bonds. The van der Waals surface area contributed by atoms with Gasteiger partial charge in [-0.25, -0.2) is 0 Å². The molecule has 1 aliphatic heterocycles. The van der Waals surface area contributed by atoms with E-state index >= 15 is 0 Å². The smallest absolute Gasteiger partial charge is 0.0861 e. The fourth-order valence-electron chi connectivity index (χ4n) is 1.86. The van der Waals surface area contributed by atoms with Crippen molar-refractivity contribution < 1.29 is 9.84 Å². The summed E-state index contributed by atoms with van der Waals surface area (Å²) in [5.41, 5.74) is 7.09. The van der Waals surface area contributed by atoms with Gasteiger partial charge >= 0.3 is 0 Å². The Morgan fingerprint density at radius 1 is 1.53 bits per heavy atom. The van der Waals surface area contributed by atoms with Crippen LogP contribution in [0.25, 0.3) is 0 Å². The number of ether oxygens (including phenoxy) is 1. The molecule has 15 heavy (non-hydrogen) atoms. The molecule has 1 aromatic carbocycles. The number of aliphatic hydroxyl groups is 1. The topological polar surface area (TPSA) is 55.5 Å². The third kappa shape index (κ3) is 2.25. The summed E-state index contributed by atoms with van der Waals surface area (Å²) in [4.78, 5) is 0. The Morgan fingerprint density at radius 3 is 3.00 bits per heavy atom. The number of halogens is 1. The van der Waals surface area contributed by atoms with Crippen molar-refractivity contribution in [1.82, 2.24) is 0 Å². The van der Waals surface area contributed by atoms with Gasteiger partial charge in [-0.15, -0.1) is 0 Å². The molecule has 4 heteroatoms. The van der Waals surface area contributed by atoms with Crippen LogP contribution in [0.4, 0.5) is 5.69 Å². The number of hydrogen-bond donors (Lipinski definition) is 2. The van der Waals surface area contributed by atoms with Crippen molar-refractivity contribution in [2.75, 3.05) is 18.9 Å². The number of benzene rings is 1. The van der Waals surface area contributed by atoms with Crippen LogP contribution in [0.1, 0.15) is 18.1 Å². The van der Waals surface area contributed by atoms with E-state index in [9.17, 15) is 5.11 Å². The van der Waals surface area contributed by atoms with Gasteiger partial charge in [0.25, 0.3) is 0 Å². The Balaban J connectivity index is 2.23. The number of anilines is 1. The minimum atomic E-state index is -0.578. The molecule has 0 spiro atoms. The van der Waals surface area contributed by atoms with Crippen molar-refractivity contribution >= 4 is 17.3 Å². The van der Waals surface area contributed by atoms with Crippen LogP contribution in [-0.2, 0) is 4.74 Å². The van der Waals surface area contributed by atoms with E-state index < -0.39 is 6.10 Å². The second-order valence-electron chi connectivity index (χ2n) is 3.84. The molecule has 82 valence electrons. The van der Waals surface area contributed by atoms with E-state index in [1.165, 1.54) is 0 Å². The SMILES string of the molecule is Nc1ccc(Cl)cc1C(O)C1CCOC1. The third-order valence-corrected chi connectivity index (χ3v) is 3.01. The van der Waals surface area contributed by atoms with Gasteiger partial charge in [0, 0.05) is 28.8 Å². The van der Waals surface area contributed by atoms with Crippen molar-refractivity contribution in [3.05, 3.63) is 28.8 Å². The summed E-state index contributed by atoms with van der Waals surface area (Å²) in [6, 6.07) is 5.16. The van der Waals surface area contributed by atoms with E-state index in [1.54, 1.807) is 18.2 Å². The first-order valence-corrected chi connectivity index (χ1v) is 5.37. The minimum Gasteiger partial charge on any atom is -0.398 e. The molecule has 1 heterocycles. The maximum atomic E-state index is 10.1. The minimum absolute atomic E-state index is 0.130. The first-order valence-electron chi connectivity index (χ1n) is 4.99. The fourth-order valence-corrected chi connectivity index (χ4v) is 2.04. The van der Waals surface area contributed by atoms with Gasteiger partial charge in [-0.3, -0.25) is 0 Å². The van der Waals surface area contributed by atoms with Crippen molar-refractivity contribution in [1.29, 1.82) is 0 Å². The maximum absolute atomic E-state index is 10.1. The van der Waals surface area contributed by atoms with Gasteiger partial charge < -0.3 is 15.6 Å². The summed E-state index contributed by atoms with van der Waals surface area (Å²) < 4.78 is 5.24. The molecular formula is C11H14ClNO2. The Labute approximate surface area is 93.8 Å². The van der Waals surface area contributed by atoms with Crippen LogP contribution in [0.2, 0.25) is 5.02 Å². The van der Waals surface area contributed by atoms with E-state index in [1.807, 2.05) is 0 Å². The fraction of sp³-hybridized carbons (Fsp3) is 0.455. The second kappa shape index (κ2) is 4.39. The van der Waals surface area contributed by atoms with Gasteiger partial charge in [0.1, 0.15) is 0 Å². The third-order valence-electron chi connectivity index (χ3n) is 2.78. The van der Waals surface area contributed by atoms with Gasteiger partial charge in [-0.05, 0) is 24.6 Å². The van der Waals surface area contributed by atoms with Crippen LogP contribution < -0.4 is 5.73 Å². The summed E-state index contributed by atoms with van der Waals surface area (Å²) in [5, 5.41) is 10.7. The quantitative estimate of drug-likeness (QED) is 0.760. The first-order chi connectivity index (χ1) is 7.18. The van der Waals surface area contributed by atoms with Crippen molar-refractivity contribution in [2.24, 2.45) is 5.92 Å². The highest BCUT2D eigenvalue weighted by Crippen LogP contribution is 2.33. The molecule has 3 N–H and O–H groups in total. The number of hydrogen-bond acceptors (Lipinski definition) is 3. The number of rotatable bonds is 2.